The molecule has 0 radical (unpaired) electrons. The average Bonchev–Trinajstić information content (AvgIpc) is 2.99. The van der Waals surface area contributed by atoms with Gasteiger partial charge in [0.15, 0.2) is 0 Å². The lowest BCUT2D eigenvalue weighted by Crippen LogP contribution is -2.21. The van der Waals surface area contributed by atoms with Gasteiger partial charge in [0.2, 0.25) is 0 Å². The van der Waals surface area contributed by atoms with E-state index in [0.717, 1.165) is 22.5 Å². The van der Waals surface area contributed by atoms with Gasteiger partial charge in [0.25, 0.3) is 0 Å². The Hall–Kier alpha value is -2.37. The Morgan fingerprint density at radius 1 is 1.17 bits per heavy atom. The molecule has 120 valence electrons. The third kappa shape index (κ3) is 3.70. The highest BCUT2D eigenvalue weighted by Crippen LogP contribution is 2.23. The van der Waals surface area contributed by atoms with Crippen LogP contribution in [0.25, 0.3) is 11.0 Å². The zero-order chi connectivity index (χ0) is 16.2. The van der Waals surface area contributed by atoms with E-state index in [1.54, 1.807) is 0 Å². The van der Waals surface area contributed by atoms with Crippen LogP contribution in [0.2, 0.25) is 0 Å². The first kappa shape index (κ1) is 15.5. The van der Waals surface area contributed by atoms with Crippen molar-refractivity contribution in [3.63, 3.8) is 0 Å². The maximum Gasteiger partial charge on any atom is 0.135 e. The number of pyridine rings is 1. The van der Waals surface area contributed by atoms with E-state index in [-0.39, 0.29) is 0 Å². The van der Waals surface area contributed by atoms with Crippen LogP contribution in [0.1, 0.15) is 17.6 Å². The fourth-order valence-electron chi connectivity index (χ4n) is 2.42. The van der Waals surface area contributed by atoms with Crippen LogP contribution in [-0.2, 0) is 6.54 Å². The topological polar surface area (TPSA) is 61.5 Å². The minimum Gasteiger partial charge on any atom is -0.458 e. The predicted octanol–water partition coefficient (Wildman–Crippen LogP) is 2.72. The molecule has 3 rings (SSSR count). The van der Waals surface area contributed by atoms with Crippen LogP contribution in [0.3, 0.4) is 0 Å². The molecule has 5 nitrogen and oxygen atoms in total. The second kappa shape index (κ2) is 6.81. The molecule has 1 atom stereocenters. The summed E-state index contributed by atoms with van der Waals surface area (Å²) < 4.78 is 5.67. The second-order valence-corrected chi connectivity index (χ2v) is 5.71. The number of aliphatic hydroxyl groups excluding tert-OH is 1. The number of para-hydroxylation sites is 1. The van der Waals surface area contributed by atoms with Crippen molar-refractivity contribution >= 4 is 16.8 Å². The summed E-state index contributed by atoms with van der Waals surface area (Å²) >= 11 is 0. The fraction of sp³-hybridized carbons (Fsp3) is 0.278. The number of nitrogens with one attached hydrogen (secondary N) is 1. The molecule has 0 aliphatic heterocycles. The number of benzene rings is 1. The molecule has 0 bridgehead atoms. The summed E-state index contributed by atoms with van der Waals surface area (Å²) in [6.45, 7) is 1.01. The van der Waals surface area contributed by atoms with E-state index in [4.69, 9.17) is 4.42 Å². The molecule has 0 amide bonds. The molecule has 2 heterocycles. The Morgan fingerprint density at radius 2 is 2.00 bits per heavy atom. The van der Waals surface area contributed by atoms with Crippen molar-refractivity contribution in [1.29, 1.82) is 0 Å². The molecule has 3 aromatic rings. The van der Waals surface area contributed by atoms with Crippen molar-refractivity contribution < 1.29 is 9.52 Å². The van der Waals surface area contributed by atoms with Gasteiger partial charge in [-0.15, -0.1) is 0 Å². The average molecular weight is 311 g/mol. The van der Waals surface area contributed by atoms with E-state index in [2.05, 4.69) is 10.3 Å². The summed E-state index contributed by atoms with van der Waals surface area (Å²) in [4.78, 5) is 6.50. The molecule has 0 aliphatic carbocycles. The third-order valence-electron chi connectivity index (χ3n) is 3.67. The molecule has 1 aromatic carbocycles. The van der Waals surface area contributed by atoms with Crippen LogP contribution in [0.4, 0.5) is 5.82 Å². The van der Waals surface area contributed by atoms with Gasteiger partial charge in [-0.1, -0.05) is 24.3 Å². The normalized spacial score (nSPS) is 12.5. The van der Waals surface area contributed by atoms with Crippen LogP contribution in [0.5, 0.6) is 0 Å². The largest absolute Gasteiger partial charge is 0.458 e. The van der Waals surface area contributed by atoms with Crippen molar-refractivity contribution in [3.8, 4) is 0 Å². The van der Waals surface area contributed by atoms with Gasteiger partial charge in [-0.25, -0.2) is 4.98 Å². The number of rotatable bonds is 6. The van der Waals surface area contributed by atoms with Crippen LogP contribution in [-0.4, -0.2) is 30.7 Å². The van der Waals surface area contributed by atoms with E-state index >= 15 is 0 Å². The van der Waals surface area contributed by atoms with Crippen LogP contribution in [0.15, 0.2) is 52.9 Å². The highest BCUT2D eigenvalue weighted by atomic mass is 16.4. The number of aliphatic hydroxyl groups is 1. The Bertz CT molecular complexity index is 750. The SMILES string of the molecule is CN(C)c1cccc(CNC[C@@H](O)c2cc3ccccc3o2)n1. The summed E-state index contributed by atoms with van der Waals surface area (Å²) in [5.74, 6) is 1.50. The molecule has 0 unspecified atom stereocenters. The first-order valence-electron chi connectivity index (χ1n) is 7.64. The first-order valence-corrected chi connectivity index (χ1v) is 7.64. The fourth-order valence-corrected chi connectivity index (χ4v) is 2.42. The predicted molar refractivity (Wildman–Crippen MR) is 91.4 cm³/mol. The highest BCUT2D eigenvalue weighted by Gasteiger charge is 2.13. The monoisotopic (exact) mass is 311 g/mol. The number of hydrogen-bond donors (Lipinski definition) is 2. The molecular formula is C18H21N3O2. The summed E-state index contributed by atoms with van der Waals surface area (Å²) in [6, 6.07) is 15.5. The van der Waals surface area contributed by atoms with E-state index in [1.807, 2.05) is 67.5 Å². The van der Waals surface area contributed by atoms with Crippen LogP contribution < -0.4 is 10.2 Å². The van der Waals surface area contributed by atoms with Gasteiger partial charge in [-0.05, 0) is 24.3 Å². The van der Waals surface area contributed by atoms with E-state index < -0.39 is 6.10 Å². The second-order valence-electron chi connectivity index (χ2n) is 5.71. The first-order chi connectivity index (χ1) is 11.1. The summed E-state index contributed by atoms with van der Waals surface area (Å²) in [6.07, 6.45) is -0.681. The number of furan rings is 1. The smallest absolute Gasteiger partial charge is 0.135 e. The molecule has 2 N–H and O–H groups in total. The maximum absolute atomic E-state index is 10.3. The van der Waals surface area contributed by atoms with Crippen molar-refractivity contribution in [1.82, 2.24) is 10.3 Å². The molecule has 0 aliphatic rings. The molecule has 0 spiro atoms. The Balaban J connectivity index is 1.58. The van der Waals surface area contributed by atoms with Gasteiger partial charge >= 0.3 is 0 Å². The molecule has 0 saturated carbocycles. The zero-order valence-electron chi connectivity index (χ0n) is 13.4. The standard InChI is InChI=1S/C18H21N3O2/c1-21(2)18-9-5-7-14(20-18)11-19-12-15(22)17-10-13-6-3-4-8-16(13)23-17/h3-10,15,19,22H,11-12H2,1-2H3/t15-/m1/s1. The molecule has 0 saturated heterocycles. The van der Waals surface area contributed by atoms with E-state index in [1.165, 1.54) is 0 Å². The van der Waals surface area contributed by atoms with Gasteiger partial charge in [0, 0.05) is 32.6 Å². The van der Waals surface area contributed by atoms with Gasteiger partial charge < -0.3 is 19.7 Å². The maximum atomic E-state index is 10.3. The van der Waals surface area contributed by atoms with Crippen molar-refractivity contribution in [2.45, 2.75) is 12.6 Å². The molecular weight excluding hydrogens is 290 g/mol. The lowest BCUT2D eigenvalue weighted by atomic mass is 10.2. The summed E-state index contributed by atoms with van der Waals surface area (Å²) in [7, 11) is 3.93. The summed E-state index contributed by atoms with van der Waals surface area (Å²) in [5.41, 5.74) is 1.73. The minimum atomic E-state index is -0.681. The Morgan fingerprint density at radius 3 is 2.78 bits per heavy atom. The Kier molecular flexibility index (Phi) is 4.60. The van der Waals surface area contributed by atoms with Crippen molar-refractivity contribution in [3.05, 3.63) is 60.0 Å². The molecule has 0 fully saturated rings. The molecule has 23 heavy (non-hydrogen) atoms. The number of fused-ring (bicyclic) bond motifs is 1. The van der Waals surface area contributed by atoms with Gasteiger partial charge in [0.1, 0.15) is 23.3 Å². The van der Waals surface area contributed by atoms with E-state index in [9.17, 15) is 5.11 Å². The quantitative estimate of drug-likeness (QED) is 0.733. The van der Waals surface area contributed by atoms with E-state index in [0.29, 0.717) is 18.8 Å². The van der Waals surface area contributed by atoms with Crippen LogP contribution >= 0.6 is 0 Å². The lowest BCUT2D eigenvalue weighted by molar-refractivity contribution is 0.149. The minimum absolute atomic E-state index is 0.410. The number of anilines is 1. The van der Waals surface area contributed by atoms with Gasteiger partial charge in [-0.3, -0.25) is 0 Å². The van der Waals surface area contributed by atoms with Crippen molar-refractivity contribution in [2.24, 2.45) is 0 Å². The lowest BCUT2D eigenvalue weighted by Gasteiger charge is -2.13. The number of nitrogens with zero attached hydrogens (tertiary/aromatic N) is 2. The highest BCUT2D eigenvalue weighted by molar-refractivity contribution is 5.77. The van der Waals surface area contributed by atoms with Crippen LogP contribution in [0, 0.1) is 0 Å². The third-order valence-corrected chi connectivity index (χ3v) is 3.67. The molecule has 5 heteroatoms. The number of hydrogen-bond acceptors (Lipinski definition) is 5. The number of aromatic nitrogens is 1. The van der Waals surface area contributed by atoms with Gasteiger partial charge in [0.05, 0.1) is 5.69 Å². The van der Waals surface area contributed by atoms with Crippen molar-refractivity contribution in [2.75, 3.05) is 25.5 Å². The summed E-state index contributed by atoms with van der Waals surface area (Å²) in [5, 5.41) is 14.5. The molecule has 2 aromatic heterocycles. The zero-order valence-corrected chi connectivity index (χ0v) is 13.4. The Labute approximate surface area is 135 Å². The van der Waals surface area contributed by atoms with Gasteiger partial charge in [-0.2, -0.15) is 0 Å².